The number of carbonyl (C=O) groups excluding carboxylic acids is 2. The summed E-state index contributed by atoms with van der Waals surface area (Å²) in [4.78, 5) is 34.2. The molecule has 190 valence electrons. The lowest BCUT2D eigenvalue weighted by molar-refractivity contribution is -0.939. The predicted molar refractivity (Wildman–Crippen MR) is 122 cm³/mol. The van der Waals surface area contributed by atoms with E-state index in [9.17, 15) is 14.7 Å². The van der Waals surface area contributed by atoms with E-state index in [0.717, 1.165) is 58.0 Å². The maximum absolute atomic E-state index is 13.5. The fourth-order valence-corrected chi connectivity index (χ4v) is 6.14. The van der Waals surface area contributed by atoms with Gasteiger partial charge in [0.2, 0.25) is 5.60 Å². The van der Waals surface area contributed by atoms with E-state index < -0.39 is 11.6 Å². The van der Waals surface area contributed by atoms with Crippen molar-refractivity contribution in [1.82, 2.24) is 9.97 Å². The number of esters is 1. The summed E-state index contributed by atoms with van der Waals surface area (Å²) in [6, 6.07) is 5.02. The van der Waals surface area contributed by atoms with Gasteiger partial charge in [-0.1, -0.05) is 19.3 Å². The van der Waals surface area contributed by atoms with Crippen LogP contribution in [0.3, 0.4) is 0 Å². The van der Waals surface area contributed by atoms with Crippen LogP contribution < -0.4 is 22.3 Å². The molecule has 10 heteroatoms. The largest absolute Gasteiger partial charge is 1.00 e. The summed E-state index contributed by atoms with van der Waals surface area (Å²) in [6.45, 7) is 2.63. The Morgan fingerprint density at radius 2 is 1.94 bits per heavy atom. The van der Waals surface area contributed by atoms with Crippen molar-refractivity contribution in [2.75, 3.05) is 31.5 Å². The molecule has 3 aliphatic heterocycles. The number of carbonyl (C=O) groups is 2. The number of amides is 1. The Labute approximate surface area is 215 Å². The highest BCUT2D eigenvalue weighted by molar-refractivity contribution is 5.90. The molecule has 0 aromatic carbocycles. The normalized spacial score (nSPS) is 27.9. The van der Waals surface area contributed by atoms with Gasteiger partial charge in [-0.2, -0.15) is 0 Å². The van der Waals surface area contributed by atoms with E-state index >= 15 is 0 Å². The molecule has 2 aromatic heterocycles. The van der Waals surface area contributed by atoms with Crippen molar-refractivity contribution in [1.29, 1.82) is 0 Å². The summed E-state index contributed by atoms with van der Waals surface area (Å²) in [5.74, 6) is 0.0434. The minimum Gasteiger partial charge on any atom is -1.00 e. The Morgan fingerprint density at radius 1 is 1.17 bits per heavy atom. The third-order valence-corrected chi connectivity index (χ3v) is 8.03. The van der Waals surface area contributed by atoms with E-state index in [1.807, 2.05) is 0 Å². The topological polar surface area (TPSA) is 115 Å². The number of nitrogens with zero attached hydrogens (tertiary/aromatic N) is 3. The predicted octanol–water partition coefficient (Wildman–Crippen LogP) is -0.368. The lowest BCUT2D eigenvalue weighted by Gasteiger charge is -2.51. The molecule has 1 amide bonds. The van der Waals surface area contributed by atoms with Crippen molar-refractivity contribution < 1.29 is 45.3 Å². The zero-order valence-electron chi connectivity index (χ0n) is 19.8. The molecule has 0 spiro atoms. The Balaban J connectivity index is 0.00000289. The molecular weight excluding hydrogens is 516 g/mol. The first-order chi connectivity index (χ1) is 16.5. The molecule has 2 bridgehead atoms. The molecule has 6 rings (SSSR count). The molecule has 1 saturated carbocycles. The van der Waals surface area contributed by atoms with Crippen molar-refractivity contribution in [2.45, 2.75) is 56.7 Å². The van der Waals surface area contributed by atoms with E-state index in [-0.39, 0.29) is 46.6 Å². The van der Waals surface area contributed by atoms with Crippen LogP contribution in [0.5, 0.6) is 0 Å². The number of rotatable bonds is 7. The van der Waals surface area contributed by atoms with Crippen LogP contribution in [-0.2, 0) is 19.9 Å². The Bertz CT molecular complexity index is 991. The molecule has 1 aliphatic carbocycles. The molecule has 1 unspecified atom stereocenters. The number of nitrogens with one attached hydrogen (secondary N) is 1. The number of anilines is 1. The van der Waals surface area contributed by atoms with E-state index in [1.54, 1.807) is 24.4 Å². The van der Waals surface area contributed by atoms with Gasteiger partial charge in [0.15, 0.2) is 12.6 Å². The minimum absolute atomic E-state index is 0. The van der Waals surface area contributed by atoms with Crippen LogP contribution in [0.1, 0.15) is 50.7 Å². The summed E-state index contributed by atoms with van der Waals surface area (Å²) in [6.07, 6.45) is 10.5. The number of fused-ring (bicyclic) bond motifs is 3. The van der Waals surface area contributed by atoms with Crippen LogP contribution in [0.15, 0.2) is 41.4 Å². The van der Waals surface area contributed by atoms with Gasteiger partial charge in [0.25, 0.3) is 5.91 Å². The minimum atomic E-state index is -1.77. The highest BCUT2D eigenvalue weighted by Crippen LogP contribution is 2.42. The Morgan fingerprint density at radius 3 is 2.60 bits per heavy atom. The fourth-order valence-electron chi connectivity index (χ4n) is 6.14. The van der Waals surface area contributed by atoms with Crippen LogP contribution in [0.2, 0.25) is 0 Å². The molecule has 2 atom stereocenters. The molecule has 35 heavy (non-hydrogen) atoms. The van der Waals surface area contributed by atoms with Crippen LogP contribution in [0, 0.1) is 11.8 Å². The van der Waals surface area contributed by atoms with Gasteiger partial charge in [0.05, 0.1) is 19.4 Å². The lowest BCUT2D eigenvalue weighted by atomic mass is 9.75. The molecule has 2 aromatic rings. The summed E-state index contributed by atoms with van der Waals surface area (Å²) < 4.78 is 12.2. The number of hydrogen-bond donors (Lipinski definition) is 2. The molecule has 9 nitrogen and oxygen atoms in total. The second kappa shape index (κ2) is 10.8. The number of furan rings is 1. The number of aliphatic hydroxyl groups is 1. The fraction of sp³-hybridized carbons (Fsp3) is 0.600. The van der Waals surface area contributed by atoms with Crippen molar-refractivity contribution in [3.8, 4) is 0 Å². The number of hydrogen-bond acceptors (Lipinski definition) is 7. The van der Waals surface area contributed by atoms with Crippen LogP contribution >= 0.6 is 0 Å². The smallest absolute Gasteiger partial charge is 0.346 e. The van der Waals surface area contributed by atoms with Crippen LogP contribution in [0.4, 0.5) is 5.82 Å². The van der Waals surface area contributed by atoms with Gasteiger partial charge in [-0.25, -0.2) is 14.8 Å². The first-order valence-electron chi connectivity index (χ1n) is 12.4. The number of aromatic nitrogens is 2. The first-order valence-corrected chi connectivity index (χ1v) is 12.4. The Hall–Kier alpha value is -2.30. The second-order valence-corrected chi connectivity index (χ2v) is 10.1. The first kappa shape index (κ1) is 25.8. The molecule has 4 aliphatic rings. The average Bonchev–Trinajstić information content (AvgIpc) is 3.40. The van der Waals surface area contributed by atoms with Gasteiger partial charge in [-0.15, -0.1) is 0 Å². The van der Waals surface area contributed by atoms with E-state index in [4.69, 9.17) is 9.15 Å². The van der Waals surface area contributed by atoms with Crippen LogP contribution in [-0.4, -0.2) is 63.7 Å². The summed E-state index contributed by atoms with van der Waals surface area (Å²) in [5.41, 5.74) is -1.77. The van der Waals surface area contributed by atoms with Crippen molar-refractivity contribution in [3.63, 3.8) is 0 Å². The molecule has 3 saturated heterocycles. The van der Waals surface area contributed by atoms with E-state index in [1.165, 1.54) is 12.6 Å². The highest BCUT2D eigenvalue weighted by atomic mass is 79.9. The third kappa shape index (κ3) is 5.29. The maximum Gasteiger partial charge on any atom is 0.346 e. The zero-order valence-corrected chi connectivity index (χ0v) is 21.4. The third-order valence-electron chi connectivity index (χ3n) is 8.03. The van der Waals surface area contributed by atoms with Gasteiger partial charge in [-0.3, -0.25) is 4.79 Å². The summed E-state index contributed by atoms with van der Waals surface area (Å²) in [7, 11) is 0. The molecule has 5 heterocycles. The molecule has 0 radical (unpaired) electrons. The highest BCUT2D eigenvalue weighted by Gasteiger charge is 2.54. The standard InChI is InChI=1S/C25H32N4O5.BrH/c30-23(28-22-8-11-26-17-27-22)16-29-12-9-18(10-13-29)20(15-29)34-24(31)25(32,21-7-4-14-33-21)19-5-2-1-3-6-19;/h4,7-8,11,14,17-20,32H,1-3,5-6,9-10,12-13,15-16H2;1H/t18?,20-,25?,29?;/m0./s1. The molecule has 2 N–H and O–H groups in total. The molecule has 4 fully saturated rings. The summed E-state index contributed by atoms with van der Waals surface area (Å²) in [5, 5.41) is 14.5. The number of halogens is 1. The van der Waals surface area contributed by atoms with Gasteiger partial charge < -0.3 is 41.0 Å². The van der Waals surface area contributed by atoms with Crippen molar-refractivity contribution >= 4 is 17.7 Å². The van der Waals surface area contributed by atoms with Crippen molar-refractivity contribution in [2.24, 2.45) is 11.8 Å². The van der Waals surface area contributed by atoms with Gasteiger partial charge in [0, 0.05) is 30.9 Å². The van der Waals surface area contributed by atoms with Gasteiger partial charge in [0.1, 0.15) is 24.5 Å². The van der Waals surface area contributed by atoms with Gasteiger partial charge in [-0.05, 0) is 31.0 Å². The second-order valence-electron chi connectivity index (χ2n) is 10.1. The number of piperidine rings is 3. The molecular formula is C25H33BrN4O5. The number of ether oxygens (including phenoxy) is 1. The van der Waals surface area contributed by atoms with E-state index in [2.05, 4.69) is 15.3 Å². The average molecular weight is 549 g/mol. The summed E-state index contributed by atoms with van der Waals surface area (Å²) >= 11 is 0. The Kier molecular flexibility index (Phi) is 7.92. The maximum atomic E-state index is 13.5. The quantitative estimate of drug-likeness (QED) is 0.358. The lowest BCUT2D eigenvalue weighted by Crippen LogP contribution is -3.00. The van der Waals surface area contributed by atoms with Gasteiger partial charge >= 0.3 is 5.97 Å². The monoisotopic (exact) mass is 548 g/mol. The zero-order chi connectivity index (χ0) is 23.6. The van der Waals surface area contributed by atoms with E-state index in [0.29, 0.717) is 23.4 Å². The SMILES string of the molecule is O=C(C[N+]12CCC(CC1)[C@@H](OC(=O)C(O)(c1ccco1)C1CCCCC1)C2)Nc1ccncn1.[Br-]. The van der Waals surface area contributed by atoms with Crippen molar-refractivity contribution in [3.05, 3.63) is 42.7 Å². The van der Waals surface area contributed by atoms with Crippen LogP contribution in [0.25, 0.3) is 0 Å². The number of quaternary nitrogens is 1.